The molecule has 8 heteroatoms. The van der Waals surface area contributed by atoms with Gasteiger partial charge in [0.1, 0.15) is 5.54 Å². The lowest BCUT2D eigenvalue weighted by atomic mass is 9.69. The highest BCUT2D eigenvalue weighted by molar-refractivity contribution is 7.99. The number of Topliss-reactive ketones (excluding diaryl/α,β-unsaturated/α-hetero) is 1. The van der Waals surface area contributed by atoms with Crippen LogP contribution in [0.4, 0.5) is 11.4 Å². The average Bonchev–Trinajstić information content (AvgIpc) is 3.52. The largest absolute Gasteiger partial charge is 0.324 e. The van der Waals surface area contributed by atoms with Crippen molar-refractivity contribution in [2.45, 2.75) is 31.3 Å². The summed E-state index contributed by atoms with van der Waals surface area (Å²) in [7, 11) is 0. The highest BCUT2D eigenvalue weighted by Crippen LogP contribution is 2.61. The molecule has 4 atom stereocenters. The standard InChI is InChI=1S/C28H25N3O4S/c1-16-6-9-18(10-7-16)26(32)25-24(19-4-3-5-20(13-19)31(34)35)23-14-36-15-30(23)28(25)21-12-17(2)8-11-22(21)29-27(28)33/h3-13,23-25H,14-15H2,1-2H3,(H,29,33)/t23?,24?,25?,28-/m1/s1. The topological polar surface area (TPSA) is 92.5 Å². The lowest BCUT2D eigenvalue weighted by Crippen LogP contribution is -2.52. The van der Waals surface area contributed by atoms with Crippen LogP contribution in [-0.4, -0.2) is 39.2 Å². The summed E-state index contributed by atoms with van der Waals surface area (Å²) in [5.74, 6) is -0.0954. The second-order valence-corrected chi connectivity index (χ2v) is 10.9. The predicted octanol–water partition coefficient (Wildman–Crippen LogP) is 5.03. The van der Waals surface area contributed by atoms with Gasteiger partial charge in [0, 0.05) is 52.5 Å². The first kappa shape index (κ1) is 22.9. The number of hydrogen-bond acceptors (Lipinski definition) is 6. The van der Waals surface area contributed by atoms with E-state index in [4.69, 9.17) is 0 Å². The second kappa shape index (κ2) is 8.28. The van der Waals surface area contributed by atoms with E-state index in [2.05, 4.69) is 10.2 Å². The Morgan fingerprint density at radius 1 is 1.08 bits per heavy atom. The Bertz CT molecular complexity index is 1420. The van der Waals surface area contributed by atoms with Crippen LogP contribution in [0.15, 0.2) is 66.7 Å². The Hall–Kier alpha value is -3.49. The van der Waals surface area contributed by atoms with Crippen molar-refractivity contribution in [2.24, 2.45) is 5.92 Å². The van der Waals surface area contributed by atoms with Crippen molar-refractivity contribution in [3.8, 4) is 0 Å². The zero-order valence-electron chi connectivity index (χ0n) is 19.9. The van der Waals surface area contributed by atoms with Crippen LogP contribution in [0.5, 0.6) is 0 Å². The minimum absolute atomic E-state index is 0.0145. The second-order valence-electron chi connectivity index (χ2n) is 9.89. The molecule has 3 aromatic carbocycles. The van der Waals surface area contributed by atoms with Gasteiger partial charge in [0.15, 0.2) is 5.78 Å². The summed E-state index contributed by atoms with van der Waals surface area (Å²) in [5, 5.41) is 14.7. The maximum Gasteiger partial charge on any atom is 0.269 e. The average molecular weight is 500 g/mol. The molecule has 182 valence electrons. The van der Waals surface area contributed by atoms with Gasteiger partial charge >= 0.3 is 0 Å². The van der Waals surface area contributed by atoms with Crippen molar-refractivity contribution in [1.29, 1.82) is 0 Å². The predicted molar refractivity (Wildman–Crippen MR) is 139 cm³/mol. The number of hydrogen-bond donors (Lipinski definition) is 1. The smallest absolute Gasteiger partial charge is 0.269 e. The molecule has 2 fully saturated rings. The minimum atomic E-state index is -1.19. The summed E-state index contributed by atoms with van der Waals surface area (Å²) in [6.07, 6.45) is 0. The number of ketones is 1. The molecular formula is C28H25N3O4S. The fraction of sp³-hybridized carbons (Fsp3) is 0.286. The zero-order valence-corrected chi connectivity index (χ0v) is 20.7. The molecule has 0 radical (unpaired) electrons. The number of anilines is 1. The first-order valence-corrected chi connectivity index (χ1v) is 13.1. The molecule has 0 saturated carbocycles. The molecule has 3 aromatic rings. The van der Waals surface area contributed by atoms with Crippen LogP contribution in [0.2, 0.25) is 0 Å². The van der Waals surface area contributed by atoms with Gasteiger partial charge in [0.25, 0.3) is 5.69 Å². The molecule has 3 aliphatic rings. The Kier molecular flexibility index (Phi) is 5.28. The molecule has 0 bridgehead atoms. The molecule has 6 rings (SSSR count). The number of benzene rings is 3. The van der Waals surface area contributed by atoms with E-state index in [-0.39, 0.29) is 29.3 Å². The number of aryl methyl sites for hydroxylation is 2. The van der Waals surface area contributed by atoms with Crippen LogP contribution in [0.1, 0.15) is 38.5 Å². The normalized spacial score (nSPS) is 26.6. The number of thioether (sulfide) groups is 1. The van der Waals surface area contributed by atoms with E-state index in [9.17, 15) is 19.7 Å². The molecule has 0 aliphatic carbocycles. The molecule has 2 saturated heterocycles. The minimum Gasteiger partial charge on any atom is -0.324 e. The first-order chi connectivity index (χ1) is 17.3. The van der Waals surface area contributed by atoms with E-state index in [0.29, 0.717) is 11.4 Å². The first-order valence-electron chi connectivity index (χ1n) is 11.9. The maximum absolute atomic E-state index is 14.4. The monoisotopic (exact) mass is 499 g/mol. The van der Waals surface area contributed by atoms with Gasteiger partial charge in [-0.05, 0) is 25.5 Å². The lowest BCUT2D eigenvalue weighted by Gasteiger charge is -2.36. The Balaban J connectivity index is 1.62. The molecule has 1 amide bonds. The zero-order chi connectivity index (χ0) is 25.2. The van der Waals surface area contributed by atoms with Crippen molar-refractivity contribution >= 4 is 34.8 Å². The van der Waals surface area contributed by atoms with Crippen LogP contribution in [0.3, 0.4) is 0 Å². The summed E-state index contributed by atoms with van der Waals surface area (Å²) in [4.78, 5) is 41.9. The van der Waals surface area contributed by atoms with Gasteiger partial charge < -0.3 is 5.32 Å². The molecule has 36 heavy (non-hydrogen) atoms. The van der Waals surface area contributed by atoms with Crippen LogP contribution < -0.4 is 5.32 Å². The Labute approximate surface area is 213 Å². The highest BCUT2D eigenvalue weighted by Gasteiger charge is 2.69. The number of fused-ring (bicyclic) bond motifs is 4. The van der Waals surface area contributed by atoms with Crippen LogP contribution >= 0.6 is 11.8 Å². The molecule has 1 spiro atoms. The van der Waals surface area contributed by atoms with Crippen molar-refractivity contribution in [3.05, 3.63) is 105 Å². The number of nitro benzene ring substituents is 1. The number of rotatable bonds is 4. The summed E-state index contributed by atoms with van der Waals surface area (Å²) in [5.41, 5.74) is 3.65. The quantitative estimate of drug-likeness (QED) is 0.308. The van der Waals surface area contributed by atoms with Gasteiger partial charge in [-0.25, -0.2) is 0 Å². The van der Waals surface area contributed by atoms with Crippen molar-refractivity contribution in [3.63, 3.8) is 0 Å². The number of amides is 1. The number of carbonyl (C=O) groups is 2. The summed E-state index contributed by atoms with van der Waals surface area (Å²) >= 11 is 1.73. The van der Waals surface area contributed by atoms with Gasteiger partial charge in [-0.1, -0.05) is 59.7 Å². The molecule has 3 unspecified atom stereocenters. The van der Waals surface area contributed by atoms with E-state index in [1.165, 1.54) is 6.07 Å². The third-order valence-corrected chi connectivity index (χ3v) is 8.90. The van der Waals surface area contributed by atoms with E-state index in [1.807, 2.05) is 62.4 Å². The highest BCUT2D eigenvalue weighted by atomic mass is 32.2. The lowest BCUT2D eigenvalue weighted by molar-refractivity contribution is -0.384. The number of non-ortho nitro benzene ring substituents is 1. The third-order valence-electron chi connectivity index (χ3n) is 7.86. The number of carbonyl (C=O) groups excluding carboxylic acids is 2. The van der Waals surface area contributed by atoms with E-state index >= 15 is 0 Å². The third kappa shape index (κ3) is 3.17. The van der Waals surface area contributed by atoms with Crippen LogP contribution in [0, 0.1) is 29.9 Å². The molecule has 3 heterocycles. The molecule has 7 nitrogen and oxygen atoms in total. The molecule has 1 N–H and O–H groups in total. The SMILES string of the molecule is Cc1ccc(C(=O)C2C(c3cccc([N+](=O)[O-])c3)C3CSCN3[C@@]23C(=O)Nc2ccc(C)cc23)cc1. The van der Waals surface area contributed by atoms with Gasteiger partial charge in [0.05, 0.1) is 10.8 Å². The van der Waals surface area contributed by atoms with Crippen LogP contribution in [-0.2, 0) is 10.3 Å². The van der Waals surface area contributed by atoms with Crippen molar-refractivity contribution in [2.75, 3.05) is 16.9 Å². The summed E-state index contributed by atoms with van der Waals surface area (Å²) < 4.78 is 0. The van der Waals surface area contributed by atoms with Gasteiger partial charge in [-0.2, -0.15) is 0 Å². The summed E-state index contributed by atoms with van der Waals surface area (Å²) in [6.45, 7) is 3.95. The number of nitrogens with one attached hydrogen (secondary N) is 1. The van der Waals surface area contributed by atoms with E-state index in [1.54, 1.807) is 23.9 Å². The molecule has 0 aromatic heterocycles. The Morgan fingerprint density at radius 2 is 1.83 bits per heavy atom. The van der Waals surface area contributed by atoms with Crippen LogP contribution in [0.25, 0.3) is 0 Å². The fourth-order valence-electron chi connectivity index (χ4n) is 6.31. The van der Waals surface area contributed by atoms with Crippen molar-refractivity contribution < 1.29 is 14.5 Å². The van der Waals surface area contributed by atoms with Gasteiger partial charge in [0.2, 0.25) is 5.91 Å². The Morgan fingerprint density at radius 3 is 2.58 bits per heavy atom. The van der Waals surface area contributed by atoms with Gasteiger partial charge in [-0.3, -0.25) is 24.6 Å². The van der Waals surface area contributed by atoms with Crippen molar-refractivity contribution in [1.82, 2.24) is 4.90 Å². The number of nitro groups is 1. The molecular weight excluding hydrogens is 474 g/mol. The molecule has 3 aliphatic heterocycles. The fourth-order valence-corrected chi connectivity index (χ4v) is 7.63. The van der Waals surface area contributed by atoms with E-state index < -0.39 is 16.4 Å². The van der Waals surface area contributed by atoms with Gasteiger partial charge in [-0.15, -0.1) is 11.8 Å². The number of nitrogens with zero attached hydrogens (tertiary/aromatic N) is 2. The maximum atomic E-state index is 14.4. The summed E-state index contributed by atoms with van der Waals surface area (Å²) in [6, 6.07) is 19.8. The van der Waals surface area contributed by atoms with E-state index in [0.717, 1.165) is 33.7 Å².